The Hall–Kier alpha value is -3.68. The number of urea groups is 1. The highest BCUT2D eigenvalue weighted by Gasteiger charge is 2.28. The van der Waals surface area contributed by atoms with Crippen LogP contribution in [-0.4, -0.2) is 22.3 Å². The van der Waals surface area contributed by atoms with Gasteiger partial charge in [-0.3, -0.25) is 0 Å². The van der Waals surface area contributed by atoms with Crippen LogP contribution in [0.3, 0.4) is 0 Å². The van der Waals surface area contributed by atoms with Crippen LogP contribution in [-0.2, 0) is 0 Å². The standard InChI is InChI=1S/C19H16FN3O4/c1-11(21-19(26)22-14-5-3-2-4-6-14)17-15(18(24)25)16(23-27-17)12-7-9-13(20)10-8-12/h2-11H,1H3,(H,24,25)(H2,21,22,26). The lowest BCUT2D eigenvalue weighted by Crippen LogP contribution is -2.31. The maximum Gasteiger partial charge on any atom is 0.341 e. The van der Waals surface area contributed by atoms with Crippen molar-refractivity contribution >= 4 is 17.7 Å². The molecule has 3 rings (SSSR count). The van der Waals surface area contributed by atoms with E-state index >= 15 is 0 Å². The fourth-order valence-corrected chi connectivity index (χ4v) is 2.56. The van der Waals surface area contributed by atoms with E-state index in [2.05, 4.69) is 15.8 Å². The first kappa shape index (κ1) is 18.1. The summed E-state index contributed by atoms with van der Waals surface area (Å²) in [5.74, 6) is -1.72. The molecule has 3 N–H and O–H groups in total. The van der Waals surface area contributed by atoms with Gasteiger partial charge in [0.05, 0.1) is 6.04 Å². The topological polar surface area (TPSA) is 104 Å². The summed E-state index contributed by atoms with van der Waals surface area (Å²) in [6, 6.07) is 12.7. The van der Waals surface area contributed by atoms with E-state index in [9.17, 15) is 19.1 Å². The van der Waals surface area contributed by atoms with Crippen LogP contribution in [0.1, 0.15) is 29.1 Å². The molecule has 0 bridgehead atoms. The largest absolute Gasteiger partial charge is 0.477 e. The van der Waals surface area contributed by atoms with Crippen LogP contribution in [0, 0.1) is 5.82 Å². The average molecular weight is 369 g/mol. The highest BCUT2D eigenvalue weighted by Crippen LogP contribution is 2.29. The number of para-hydroxylation sites is 1. The molecule has 0 aliphatic carbocycles. The lowest BCUT2D eigenvalue weighted by molar-refractivity contribution is 0.0694. The molecule has 0 aliphatic heterocycles. The molecule has 2 aromatic carbocycles. The molecule has 8 heteroatoms. The van der Waals surface area contributed by atoms with Crippen molar-refractivity contribution < 1.29 is 23.6 Å². The van der Waals surface area contributed by atoms with Crippen molar-refractivity contribution in [1.82, 2.24) is 10.5 Å². The van der Waals surface area contributed by atoms with Gasteiger partial charge < -0.3 is 20.3 Å². The number of benzene rings is 2. The zero-order chi connectivity index (χ0) is 19.4. The van der Waals surface area contributed by atoms with Crippen LogP contribution < -0.4 is 10.6 Å². The van der Waals surface area contributed by atoms with Crippen LogP contribution in [0.5, 0.6) is 0 Å². The number of carboxylic acids is 1. The third kappa shape index (κ3) is 4.12. The number of nitrogens with zero attached hydrogens (tertiary/aromatic N) is 1. The Morgan fingerprint density at radius 1 is 1.11 bits per heavy atom. The molecule has 0 aliphatic rings. The molecular formula is C19H16FN3O4. The maximum atomic E-state index is 13.1. The van der Waals surface area contributed by atoms with Crippen molar-refractivity contribution in [3.05, 3.63) is 71.7 Å². The molecule has 1 unspecified atom stereocenters. The second-order valence-corrected chi connectivity index (χ2v) is 5.77. The summed E-state index contributed by atoms with van der Waals surface area (Å²) in [5, 5.41) is 18.6. The van der Waals surface area contributed by atoms with Crippen molar-refractivity contribution in [1.29, 1.82) is 0 Å². The number of carboxylic acid groups (broad SMARTS) is 1. The van der Waals surface area contributed by atoms with E-state index in [0.717, 1.165) is 0 Å². The monoisotopic (exact) mass is 369 g/mol. The zero-order valence-electron chi connectivity index (χ0n) is 14.3. The smallest absolute Gasteiger partial charge is 0.341 e. The highest BCUT2D eigenvalue weighted by atomic mass is 19.1. The van der Waals surface area contributed by atoms with Crippen molar-refractivity contribution in [2.24, 2.45) is 0 Å². The van der Waals surface area contributed by atoms with Gasteiger partial charge in [0.15, 0.2) is 5.76 Å². The predicted molar refractivity (Wildman–Crippen MR) is 95.9 cm³/mol. The van der Waals surface area contributed by atoms with Gasteiger partial charge in [0.2, 0.25) is 0 Å². The number of rotatable bonds is 5. The molecule has 0 saturated carbocycles. The summed E-state index contributed by atoms with van der Waals surface area (Å²) in [6.45, 7) is 1.58. The normalized spacial score (nSPS) is 11.6. The number of carbonyl (C=O) groups excluding carboxylic acids is 1. The SMILES string of the molecule is CC(NC(=O)Nc1ccccc1)c1onc(-c2ccc(F)cc2)c1C(=O)O. The molecule has 1 aromatic heterocycles. The Kier molecular flexibility index (Phi) is 5.16. The lowest BCUT2D eigenvalue weighted by atomic mass is 10.0. The van der Waals surface area contributed by atoms with Crippen molar-refractivity contribution in [2.45, 2.75) is 13.0 Å². The minimum Gasteiger partial charge on any atom is -0.477 e. The van der Waals surface area contributed by atoms with Crippen molar-refractivity contribution in [3.63, 3.8) is 0 Å². The quantitative estimate of drug-likeness (QED) is 0.629. The van der Waals surface area contributed by atoms with E-state index in [1.54, 1.807) is 31.2 Å². The Morgan fingerprint density at radius 2 is 1.78 bits per heavy atom. The fraction of sp³-hybridized carbons (Fsp3) is 0.105. The third-order valence-corrected chi connectivity index (χ3v) is 3.82. The maximum absolute atomic E-state index is 13.1. The summed E-state index contributed by atoms with van der Waals surface area (Å²) in [7, 11) is 0. The molecule has 2 amide bonds. The molecule has 3 aromatic rings. The summed E-state index contributed by atoms with van der Waals surface area (Å²) < 4.78 is 18.3. The van der Waals surface area contributed by atoms with Gasteiger partial charge in [0.25, 0.3) is 0 Å². The predicted octanol–water partition coefficient (Wildman–Crippen LogP) is 4.06. The Bertz CT molecular complexity index is 955. The van der Waals surface area contributed by atoms with E-state index in [1.807, 2.05) is 6.07 Å². The molecule has 0 spiro atoms. The molecular weight excluding hydrogens is 353 g/mol. The Morgan fingerprint density at radius 3 is 2.41 bits per heavy atom. The van der Waals surface area contributed by atoms with Crippen LogP contribution in [0.25, 0.3) is 11.3 Å². The summed E-state index contributed by atoms with van der Waals surface area (Å²) >= 11 is 0. The van der Waals surface area contributed by atoms with E-state index in [-0.39, 0.29) is 17.0 Å². The molecule has 0 saturated heterocycles. The van der Waals surface area contributed by atoms with Crippen LogP contribution in [0.15, 0.2) is 59.1 Å². The lowest BCUT2D eigenvalue weighted by Gasteiger charge is -2.13. The number of hydrogen-bond donors (Lipinski definition) is 3. The zero-order valence-corrected chi connectivity index (χ0v) is 14.3. The molecule has 0 radical (unpaired) electrons. The number of halogens is 1. The van der Waals surface area contributed by atoms with Gasteiger partial charge >= 0.3 is 12.0 Å². The first-order valence-corrected chi connectivity index (χ1v) is 8.07. The second kappa shape index (κ2) is 7.69. The molecule has 7 nitrogen and oxygen atoms in total. The first-order chi connectivity index (χ1) is 13.0. The van der Waals surface area contributed by atoms with Gasteiger partial charge in [0, 0.05) is 11.3 Å². The minimum absolute atomic E-state index is 0.00923. The van der Waals surface area contributed by atoms with Crippen LogP contribution >= 0.6 is 0 Å². The fourth-order valence-electron chi connectivity index (χ4n) is 2.56. The second-order valence-electron chi connectivity index (χ2n) is 5.77. The number of carbonyl (C=O) groups is 2. The van der Waals surface area contributed by atoms with Gasteiger partial charge in [-0.25, -0.2) is 14.0 Å². The number of aromatic nitrogens is 1. The van der Waals surface area contributed by atoms with E-state index < -0.39 is 23.9 Å². The van der Waals surface area contributed by atoms with Crippen molar-refractivity contribution in [3.8, 4) is 11.3 Å². The van der Waals surface area contributed by atoms with Gasteiger partial charge in [-0.1, -0.05) is 23.4 Å². The number of hydrogen-bond acceptors (Lipinski definition) is 4. The van der Waals surface area contributed by atoms with Gasteiger partial charge in [-0.05, 0) is 43.3 Å². The number of amides is 2. The van der Waals surface area contributed by atoms with Crippen molar-refractivity contribution in [2.75, 3.05) is 5.32 Å². The van der Waals surface area contributed by atoms with Gasteiger partial charge in [-0.15, -0.1) is 0 Å². The molecule has 0 fully saturated rings. The summed E-state index contributed by atoms with van der Waals surface area (Å²) in [4.78, 5) is 23.8. The van der Waals surface area contributed by atoms with Crippen LogP contribution in [0.2, 0.25) is 0 Å². The van der Waals surface area contributed by atoms with E-state index in [4.69, 9.17) is 4.52 Å². The number of nitrogens with one attached hydrogen (secondary N) is 2. The van der Waals surface area contributed by atoms with E-state index in [1.165, 1.54) is 24.3 Å². The summed E-state index contributed by atoms with van der Waals surface area (Å²) in [6.07, 6.45) is 0. The Balaban J connectivity index is 1.82. The molecule has 1 atom stereocenters. The first-order valence-electron chi connectivity index (χ1n) is 8.07. The minimum atomic E-state index is -1.26. The number of aromatic carboxylic acids is 1. The number of anilines is 1. The summed E-state index contributed by atoms with van der Waals surface area (Å²) in [5.41, 5.74) is 0.860. The van der Waals surface area contributed by atoms with Gasteiger partial charge in [-0.2, -0.15) is 0 Å². The van der Waals surface area contributed by atoms with Gasteiger partial charge in [0.1, 0.15) is 17.1 Å². The highest BCUT2D eigenvalue weighted by molar-refractivity contribution is 5.96. The Labute approximate surface area is 153 Å². The van der Waals surface area contributed by atoms with E-state index in [0.29, 0.717) is 11.3 Å². The average Bonchev–Trinajstić information content (AvgIpc) is 3.08. The molecule has 27 heavy (non-hydrogen) atoms. The van der Waals surface area contributed by atoms with Crippen LogP contribution in [0.4, 0.5) is 14.9 Å². The molecule has 138 valence electrons. The third-order valence-electron chi connectivity index (χ3n) is 3.82. The molecule has 1 heterocycles.